The van der Waals surface area contributed by atoms with Crippen molar-refractivity contribution >= 4 is 28.4 Å². The molecular weight excluding hydrogens is 366 g/mol. The molecule has 0 fully saturated rings. The van der Waals surface area contributed by atoms with Gasteiger partial charge in [-0.15, -0.1) is 0 Å². The Morgan fingerprint density at radius 2 is 1.69 bits per heavy atom. The van der Waals surface area contributed by atoms with Crippen molar-refractivity contribution in [2.24, 2.45) is 0 Å². The molecule has 3 N–H and O–H groups in total. The van der Waals surface area contributed by atoms with Crippen molar-refractivity contribution in [3.8, 4) is 5.75 Å². The zero-order valence-corrected chi connectivity index (χ0v) is 16.8. The lowest BCUT2D eigenvalue weighted by molar-refractivity contribution is 0.0956. The second kappa shape index (κ2) is 9.10. The minimum atomic E-state index is -0.323. The maximum Gasteiger partial charge on any atom is 0.319 e. The smallest absolute Gasteiger partial charge is 0.319 e. The molecule has 150 valence electrons. The number of methoxy groups -OCH3 is 1. The summed E-state index contributed by atoms with van der Waals surface area (Å²) in [5.74, 6) is 0.650. The molecular formula is C23H25N3O3. The Kier molecular flexibility index (Phi) is 6.34. The van der Waals surface area contributed by atoms with Crippen molar-refractivity contribution in [1.29, 1.82) is 0 Å². The van der Waals surface area contributed by atoms with E-state index in [9.17, 15) is 9.59 Å². The molecule has 0 heterocycles. The molecule has 0 radical (unpaired) electrons. The Balaban J connectivity index is 1.64. The van der Waals surface area contributed by atoms with Gasteiger partial charge >= 0.3 is 6.03 Å². The van der Waals surface area contributed by atoms with Gasteiger partial charge in [-0.3, -0.25) is 4.79 Å². The first-order valence-electron chi connectivity index (χ1n) is 9.50. The quantitative estimate of drug-likeness (QED) is 0.588. The average molecular weight is 391 g/mol. The van der Waals surface area contributed by atoms with Crippen molar-refractivity contribution in [3.05, 3.63) is 71.3 Å². The maximum atomic E-state index is 12.4. The van der Waals surface area contributed by atoms with Gasteiger partial charge in [0.2, 0.25) is 0 Å². The molecule has 0 aromatic heterocycles. The zero-order chi connectivity index (χ0) is 20.8. The summed E-state index contributed by atoms with van der Waals surface area (Å²) in [4.78, 5) is 24.4. The second-order valence-electron chi connectivity index (χ2n) is 6.74. The van der Waals surface area contributed by atoms with Crippen LogP contribution in [0.25, 0.3) is 10.8 Å². The van der Waals surface area contributed by atoms with E-state index in [2.05, 4.69) is 16.0 Å². The highest BCUT2D eigenvalue weighted by atomic mass is 16.5. The summed E-state index contributed by atoms with van der Waals surface area (Å²) in [7, 11) is 1.64. The molecule has 0 aliphatic rings. The third-order valence-electron chi connectivity index (χ3n) is 4.65. The van der Waals surface area contributed by atoms with Crippen LogP contribution in [0.2, 0.25) is 0 Å². The third-order valence-corrected chi connectivity index (χ3v) is 4.65. The van der Waals surface area contributed by atoms with E-state index in [1.54, 1.807) is 19.2 Å². The van der Waals surface area contributed by atoms with E-state index in [-0.39, 0.29) is 11.9 Å². The highest BCUT2D eigenvalue weighted by molar-refractivity contribution is 5.97. The van der Waals surface area contributed by atoms with E-state index in [1.165, 1.54) is 0 Å². The number of ether oxygens (including phenoxy) is 1. The first-order valence-corrected chi connectivity index (χ1v) is 9.50. The molecule has 0 bridgehead atoms. The molecule has 3 amide bonds. The van der Waals surface area contributed by atoms with Crippen LogP contribution in [0.1, 0.15) is 28.4 Å². The fraction of sp³-hybridized carbons (Fsp3) is 0.217. The largest absolute Gasteiger partial charge is 0.497 e. The second-order valence-corrected chi connectivity index (χ2v) is 6.74. The van der Waals surface area contributed by atoms with E-state index < -0.39 is 0 Å². The van der Waals surface area contributed by atoms with E-state index in [1.807, 2.05) is 56.3 Å². The van der Waals surface area contributed by atoms with Gasteiger partial charge in [0.05, 0.1) is 7.11 Å². The van der Waals surface area contributed by atoms with Crippen molar-refractivity contribution in [2.45, 2.75) is 20.4 Å². The van der Waals surface area contributed by atoms with Gasteiger partial charge in [-0.2, -0.15) is 0 Å². The number of nitrogens with one attached hydrogen (secondary N) is 3. The monoisotopic (exact) mass is 391 g/mol. The summed E-state index contributed by atoms with van der Waals surface area (Å²) >= 11 is 0. The predicted octanol–water partition coefficient (Wildman–Crippen LogP) is 4.23. The fourth-order valence-electron chi connectivity index (χ4n) is 3.02. The minimum Gasteiger partial charge on any atom is -0.497 e. The predicted molar refractivity (Wildman–Crippen MR) is 116 cm³/mol. The topological polar surface area (TPSA) is 79.5 Å². The Bertz CT molecular complexity index is 1050. The Morgan fingerprint density at radius 1 is 0.931 bits per heavy atom. The summed E-state index contributed by atoms with van der Waals surface area (Å²) in [5.41, 5.74) is 2.99. The van der Waals surface area contributed by atoms with Crippen molar-refractivity contribution < 1.29 is 14.3 Å². The summed E-state index contributed by atoms with van der Waals surface area (Å²) in [5, 5.41) is 10.6. The van der Waals surface area contributed by atoms with Gasteiger partial charge in [0, 0.05) is 24.3 Å². The van der Waals surface area contributed by atoms with Crippen LogP contribution in [0.5, 0.6) is 5.75 Å². The van der Waals surface area contributed by atoms with Crippen LogP contribution < -0.4 is 20.7 Å². The van der Waals surface area contributed by atoms with Gasteiger partial charge in [-0.05, 0) is 66.1 Å². The number of urea groups is 1. The Hall–Kier alpha value is -3.54. The van der Waals surface area contributed by atoms with Crippen molar-refractivity contribution in [1.82, 2.24) is 10.6 Å². The van der Waals surface area contributed by atoms with Gasteiger partial charge < -0.3 is 20.7 Å². The van der Waals surface area contributed by atoms with Gasteiger partial charge in [0.15, 0.2) is 0 Å². The molecule has 3 rings (SSSR count). The van der Waals surface area contributed by atoms with Gasteiger partial charge in [-0.25, -0.2) is 4.79 Å². The minimum absolute atomic E-state index is 0.163. The first kappa shape index (κ1) is 20.2. The summed E-state index contributed by atoms with van der Waals surface area (Å²) < 4.78 is 5.24. The molecule has 6 nitrogen and oxygen atoms in total. The Morgan fingerprint density at radius 3 is 2.45 bits per heavy atom. The number of hydrogen-bond donors (Lipinski definition) is 3. The summed E-state index contributed by atoms with van der Waals surface area (Å²) in [6, 6.07) is 16.8. The van der Waals surface area contributed by atoms with Crippen LogP contribution in [0.4, 0.5) is 10.5 Å². The average Bonchev–Trinajstić information content (AvgIpc) is 2.73. The molecule has 0 aliphatic heterocycles. The molecule has 0 saturated carbocycles. The summed E-state index contributed by atoms with van der Waals surface area (Å²) in [6.07, 6.45) is 0. The van der Waals surface area contributed by atoms with Crippen LogP contribution in [-0.4, -0.2) is 25.6 Å². The van der Waals surface area contributed by atoms with Gasteiger partial charge in [0.25, 0.3) is 5.91 Å². The van der Waals surface area contributed by atoms with Crippen molar-refractivity contribution in [3.63, 3.8) is 0 Å². The molecule has 3 aromatic rings. The van der Waals surface area contributed by atoms with Crippen LogP contribution >= 0.6 is 0 Å². The number of aryl methyl sites for hydroxylation is 1. The zero-order valence-electron chi connectivity index (χ0n) is 16.8. The van der Waals surface area contributed by atoms with Gasteiger partial charge in [0.1, 0.15) is 5.75 Å². The summed E-state index contributed by atoms with van der Waals surface area (Å²) in [6.45, 7) is 4.69. The van der Waals surface area contributed by atoms with E-state index in [0.717, 1.165) is 27.6 Å². The lowest BCUT2D eigenvalue weighted by atomic mass is 10.1. The number of amides is 3. The molecule has 3 aromatic carbocycles. The number of carbonyl (C=O) groups is 2. The maximum absolute atomic E-state index is 12.4. The van der Waals surface area contributed by atoms with Crippen LogP contribution in [0.3, 0.4) is 0 Å². The number of rotatable bonds is 6. The standard InChI is InChI=1S/C23H25N3O3/c1-4-24-22(27)19-7-5-15(2)21(13-19)26-23(28)25-14-16-6-8-18-12-20(29-3)10-9-17(18)11-16/h5-13H,4,14H2,1-3H3,(H,24,27)(H2,25,26,28). The Labute approximate surface area is 170 Å². The normalized spacial score (nSPS) is 10.4. The number of anilines is 1. The first-order chi connectivity index (χ1) is 14.0. The number of carbonyl (C=O) groups excluding carboxylic acids is 2. The molecule has 0 aliphatic carbocycles. The third kappa shape index (κ3) is 5.04. The van der Waals surface area contributed by atoms with E-state index in [4.69, 9.17) is 4.74 Å². The molecule has 6 heteroatoms. The molecule has 0 spiro atoms. The number of benzene rings is 3. The van der Waals surface area contributed by atoms with Gasteiger partial charge in [-0.1, -0.05) is 24.3 Å². The molecule has 0 atom stereocenters. The van der Waals surface area contributed by atoms with E-state index >= 15 is 0 Å². The highest BCUT2D eigenvalue weighted by Gasteiger charge is 2.10. The highest BCUT2D eigenvalue weighted by Crippen LogP contribution is 2.22. The van der Waals surface area contributed by atoms with Crippen LogP contribution in [0.15, 0.2) is 54.6 Å². The SMILES string of the molecule is CCNC(=O)c1ccc(C)c(NC(=O)NCc2ccc3cc(OC)ccc3c2)c1. The van der Waals surface area contributed by atoms with Crippen LogP contribution in [-0.2, 0) is 6.54 Å². The number of fused-ring (bicyclic) bond motifs is 1. The van der Waals surface area contributed by atoms with Crippen molar-refractivity contribution in [2.75, 3.05) is 19.0 Å². The lowest BCUT2D eigenvalue weighted by Gasteiger charge is -2.12. The molecule has 0 unspecified atom stereocenters. The molecule has 0 saturated heterocycles. The fourth-order valence-corrected chi connectivity index (χ4v) is 3.02. The lowest BCUT2D eigenvalue weighted by Crippen LogP contribution is -2.29. The number of hydrogen-bond acceptors (Lipinski definition) is 3. The molecule has 29 heavy (non-hydrogen) atoms. The van der Waals surface area contributed by atoms with E-state index in [0.29, 0.717) is 24.3 Å². The van der Waals surface area contributed by atoms with Crippen LogP contribution in [0, 0.1) is 6.92 Å².